The summed E-state index contributed by atoms with van der Waals surface area (Å²) in [5.74, 6) is 0.883. The van der Waals surface area contributed by atoms with E-state index in [-0.39, 0.29) is 0 Å². The Balaban J connectivity index is 1.76. The Morgan fingerprint density at radius 1 is 0.917 bits per heavy atom. The van der Waals surface area contributed by atoms with Gasteiger partial charge >= 0.3 is 0 Å². The molecule has 0 spiro atoms. The number of benzene rings is 2. The SMILES string of the molecule is CCN(CC)Cc1cnc2ccc(OCc3ccccc3)cc2c1. The summed E-state index contributed by atoms with van der Waals surface area (Å²) in [7, 11) is 0. The Morgan fingerprint density at radius 3 is 2.46 bits per heavy atom. The number of aromatic nitrogens is 1. The van der Waals surface area contributed by atoms with Crippen LogP contribution in [-0.2, 0) is 13.2 Å². The Bertz CT molecular complexity index is 782. The molecule has 0 bridgehead atoms. The van der Waals surface area contributed by atoms with Crippen molar-refractivity contribution in [2.75, 3.05) is 13.1 Å². The molecule has 24 heavy (non-hydrogen) atoms. The lowest BCUT2D eigenvalue weighted by Crippen LogP contribution is -2.22. The molecule has 0 radical (unpaired) electrons. The highest BCUT2D eigenvalue weighted by Crippen LogP contribution is 2.22. The van der Waals surface area contributed by atoms with E-state index >= 15 is 0 Å². The van der Waals surface area contributed by atoms with Crippen LogP contribution in [0.15, 0.2) is 60.8 Å². The number of rotatable bonds is 7. The van der Waals surface area contributed by atoms with Crippen LogP contribution in [0.1, 0.15) is 25.0 Å². The minimum absolute atomic E-state index is 0.582. The molecule has 124 valence electrons. The number of nitrogens with zero attached hydrogens (tertiary/aromatic N) is 2. The molecule has 3 rings (SSSR count). The fourth-order valence-corrected chi connectivity index (χ4v) is 2.78. The lowest BCUT2D eigenvalue weighted by molar-refractivity contribution is 0.295. The Labute approximate surface area is 143 Å². The predicted molar refractivity (Wildman–Crippen MR) is 99.1 cm³/mol. The summed E-state index contributed by atoms with van der Waals surface area (Å²) in [5.41, 5.74) is 3.42. The van der Waals surface area contributed by atoms with Crippen LogP contribution in [0.2, 0.25) is 0 Å². The molecule has 3 aromatic rings. The molecule has 2 aromatic carbocycles. The van der Waals surface area contributed by atoms with Crippen molar-refractivity contribution in [1.29, 1.82) is 0 Å². The van der Waals surface area contributed by atoms with Crippen molar-refractivity contribution in [3.8, 4) is 5.75 Å². The second-order valence-electron chi connectivity index (χ2n) is 5.93. The van der Waals surface area contributed by atoms with Crippen molar-refractivity contribution in [2.45, 2.75) is 27.0 Å². The summed E-state index contributed by atoms with van der Waals surface area (Å²) >= 11 is 0. The average Bonchev–Trinajstić information content (AvgIpc) is 2.65. The maximum Gasteiger partial charge on any atom is 0.120 e. The number of hydrogen-bond donors (Lipinski definition) is 0. The smallest absolute Gasteiger partial charge is 0.120 e. The minimum atomic E-state index is 0.582. The summed E-state index contributed by atoms with van der Waals surface area (Å²) in [6.45, 7) is 7.99. The fraction of sp³-hybridized carbons (Fsp3) is 0.286. The minimum Gasteiger partial charge on any atom is -0.489 e. The maximum atomic E-state index is 5.93. The molecule has 1 heterocycles. The first-order valence-corrected chi connectivity index (χ1v) is 8.56. The third-order valence-corrected chi connectivity index (χ3v) is 4.26. The lowest BCUT2D eigenvalue weighted by Gasteiger charge is -2.18. The van der Waals surface area contributed by atoms with Gasteiger partial charge in [-0.05, 0) is 48.5 Å². The third kappa shape index (κ3) is 4.12. The maximum absolute atomic E-state index is 5.93. The zero-order valence-corrected chi connectivity index (χ0v) is 14.4. The molecule has 0 saturated carbocycles. The average molecular weight is 320 g/mol. The molecule has 0 unspecified atom stereocenters. The molecule has 0 fully saturated rings. The van der Waals surface area contributed by atoms with Crippen molar-refractivity contribution < 1.29 is 4.74 Å². The monoisotopic (exact) mass is 320 g/mol. The number of fused-ring (bicyclic) bond motifs is 1. The number of pyridine rings is 1. The third-order valence-electron chi connectivity index (χ3n) is 4.26. The fourth-order valence-electron chi connectivity index (χ4n) is 2.78. The van der Waals surface area contributed by atoms with E-state index in [2.05, 4.69) is 48.0 Å². The molecule has 1 aromatic heterocycles. The van der Waals surface area contributed by atoms with E-state index in [0.29, 0.717) is 6.61 Å². The molecule has 0 amide bonds. The van der Waals surface area contributed by atoms with Gasteiger partial charge < -0.3 is 4.74 Å². The molecular formula is C21H24N2O. The Hall–Kier alpha value is -2.39. The lowest BCUT2D eigenvalue weighted by atomic mass is 10.1. The van der Waals surface area contributed by atoms with E-state index in [4.69, 9.17) is 4.74 Å². The van der Waals surface area contributed by atoms with Crippen molar-refractivity contribution in [2.24, 2.45) is 0 Å². The summed E-state index contributed by atoms with van der Waals surface area (Å²) in [6.07, 6.45) is 1.98. The van der Waals surface area contributed by atoms with Gasteiger partial charge in [0, 0.05) is 18.1 Å². The van der Waals surface area contributed by atoms with Gasteiger partial charge in [-0.1, -0.05) is 44.2 Å². The second kappa shape index (κ2) is 7.93. The topological polar surface area (TPSA) is 25.4 Å². The molecule has 0 aliphatic carbocycles. The van der Waals surface area contributed by atoms with Gasteiger partial charge in [0.15, 0.2) is 0 Å². The van der Waals surface area contributed by atoms with Crippen LogP contribution < -0.4 is 4.74 Å². The highest BCUT2D eigenvalue weighted by atomic mass is 16.5. The Kier molecular flexibility index (Phi) is 5.44. The van der Waals surface area contributed by atoms with Gasteiger partial charge in [0.05, 0.1) is 5.52 Å². The zero-order chi connectivity index (χ0) is 16.8. The van der Waals surface area contributed by atoms with Crippen LogP contribution >= 0.6 is 0 Å². The second-order valence-corrected chi connectivity index (χ2v) is 5.93. The molecule has 0 atom stereocenters. The van der Waals surface area contributed by atoms with Gasteiger partial charge in [0.2, 0.25) is 0 Å². The van der Waals surface area contributed by atoms with E-state index in [9.17, 15) is 0 Å². The summed E-state index contributed by atoms with van der Waals surface area (Å²) in [6, 6.07) is 18.5. The predicted octanol–water partition coefficient (Wildman–Crippen LogP) is 4.66. The van der Waals surface area contributed by atoms with Gasteiger partial charge in [0.25, 0.3) is 0 Å². The molecular weight excluding hydrogens is 296 g/mol. The van der Waals surface area contributed by atoms with Gasteiger partial charge in [-0.25, -0.2) is 0 Å². The van der Waals surface area contributed by atoms with E-state index in [1.54, 1.807) is 0 Å². The first-order chi connectivity index (χ1) is 11.8. The van der Waals surface area contributed by atoms with Gasteiger partial charge in [-0.2, -0.15) is 0 Å². The van der Waals surface area contributed by atoms with Gasteiger partial charge in [0.1, 0.15) is 12.4 Å². The van der Waals surface area contributed by atoms with Gasteiger partial charge in [-0.15, -0.1) is 0 Å². The zero-order valence-electron chi connectivity index (χ0n) is 14.4. The van der Waals surface area contributed by atoms with E-state index in [1.165, 1.54) is 11.1 Å². The van der Waals surface area contributed by atoms with Gasteiger partial charge in [-0.3, -0.25) is 9.88 Å². The van der Waals surface area contributed by atoms with Crippen LogP contribution in [0.4, 0.5) is 0 Å². The molecule has 0 aliphatic rings. The largest absolute Gasteiger partial charge is 0.489 e. The van der Waals surface area contributed by atoms with Crippen LogP contribution in [0.25, 0.3) is 10.9 Å². The first-order valence-electron chi connectivity index (χ1n) is 8.56. The van der Waals surface area contributed by atoms with Crippen LogP contribution in [0, 0.1) is 0 Å². The number of ether oxygens (including phenoxy) is 1. The molecule has 0 aliphatic heterocycles. The summed E-state index contributed by atoms with van der Waals surface area (Å²) < 4.78 is 5.93. The molecule has 3 nitrogen and oxygen atoms in total. The van der Waals surface area contributed by atoms with Crippen molar-refractivity contribution in [3.05, 3.63) is 71.9 Å². The van der Waals surface area contributed by atoms with E-state index < -0.39 is 0 Å². The number of hydrogen-bond acceptors (Lipinski definition) is 3. The molecule has 0 N–H and O–H groups in total. The van der Waals surface area contributed by atoms with Crippen molar-refractivity contribution >= 4 is 10.9 Å². The van der Waals surface area contributed by atoms with Crippen LogP contribution in [-0.4, -0.2) is 23.0 Å². The highest BCUT2D eigenvalue weighted by molar-refractivity contribution is 5.80. The molecule has 3 heteroatoms. The molecule has 0 saturated heterocycles. The Morgan fingerprint density at radius 2 is 1.71 bits per heavy atom. The van der Waals surface area contributed by atoms with Crippen LogP contribution in [0.5, 0.6) is 5.75 Å². The van der Waals surface area contributed by atoms with Crippen molar-refractivity contribution in [3.63, 3.8) is 0 Å². The summed E-state index contributed by atoms with van der Waals surface area (Å²) in [4.78, 5) is 6.97. The van der Waals surface area contributed by atoms with E-state index in [0.717, 1.165) is 36.3 Å². The quantitative estimate of drug-likeness (QED) is 0.633. The highest BCUT2D eigenvalue weighted by Gasteiger charge is 2.05. The normalized spacial score (nSPS) is 11.1. The first kappa shape index (κ1) is 16.5. The van der Waals surface area contributed by atoms with E-state index in [1.807, 2.05) is 36.5 Å². The van der Waals surface area contributed by atoms with Crippen molar-refractivity contribution in [1.82, 2.24) is 9.88 Å². The van der Waals surface area contributed by atoms with Crippen LogP contribution in [0.3, 0.4) is 0 Å². The standard InChI is InChI=1S/C21H24N2O/c1-3-23(4-2)15-18-12-19-13-20(10-11-21(19)22-14-18)24-16-17-8-6-5-7-9-17/h5-14H,3-4,15-16H2,1-2H3. The summed E-state index contributed by atoms with van der Waals surface area (Å²) in [5, 5.41) is 1.13.